The second-order valence-electron chi connectivity index (χ2n) is 3.55. The highest BCUT2D eigenvalue weighted by atomic mass is 32.2. The average molecular weight is 246 g/mol. The lowest BCUT2D eigenvalue weighted by atomic mass is 10.2. The fourth-order valence-electron chi connectivity index (χ4n) is 1.26. The van der Waals surface area contributed by atoms with Crippen LogP contribution in [0, 0.1) is 13.8 Å². The molecule has 0 aliphatic carbocycles. The first-order chi connectivity index (χ1) is 7.08. The summed E-state index contributed by atoms with van der Waals surface area (Å²) in [6, 6.07) is 0.231. The second-order valence-corrected chi connectivity index (χ2v) is 5.83. The fraction of sp³-hybridized carbons (Fsp3) is 0.700. The van der Waals surface area contributed by atoms with E-state index in [9.17, 15) is 0 Å². The van der Waals surface area contributed by atoms with Crippen molar-refractivity contribution < 1.29 is 5.11 Å². The van der Waals surface area contributed by atoms with Crippen LogP contribution in [0.2, 0.25) is 0 Å². The minimum absolute atomic E-state index is 0.193. The van der Waals surface area contributed by atoms with Crippen molar-refractivity contribution in [2.24, 2.45) is 0 Å². The summed E-state index contributed by atoms with van der Waals surface area (Å²) in [6.45, 7) is 6.35. The van der Waals surface area contributed by atoms with Crippen LogP contribution in [0.3, 0.4) is 0 Å². The second kappa shape index (κ2) is 5.72. The lowest BCUT2D eigenvalue weighted by Crippen LogP contribution is -2.30. The number of aryl methyl sites for hydroxylation is 2. The summed E-state index contributed by atoms with van der Waals surface area (Å²) >= 11 is 3.34. The Morgan fingerprint density at radius 1 is 1.53 bits per heavy atom. The van der Waals surface area contributed by atoms with Crippen LogP contribution in [0.4, 0.5) is 5.13 Å². The molecule has 3 nitrogen and oxygen atoms in total. The molecule has 1 aromatic rings. The molecular weight excluding hydrogens is 228 g/mol. The molecule has 0 spiro atoms. The van der Waals surface area contributed by atoms with Crippen molar-refractivity contribution in [3.63, 3.8) is 0 Å². The summed E-state index contributed by atoms with van der Waals surface area (Å²) in [6.07, 6.45) is 2.01. The largest absolute Gasteiger partial charge is 0.395 e. The summed E-state index contributed by atoms with van der Waals surface area (Å²) < 4.78 is 0. The van der Waals surface area contributed by atoms with E-state index in [0.717, 1.165) is 10.8 Å². The first-order valence-electron chi connectivity index (χ1n) is 4.92. The van der Waals surface area contributed by atoms with Crippen LogP contribution < -0.4 is 5.32 Å². The van der Waals surface area contributed by atoms with Crippen LogP contribution in [-0.4, -0.2) is 34.2 Å². The summed E-state index contributed by atoms with van der Waals surface area (Å²) in [5, 5.41) is 13.7. The maximum absolute atomic E-state index is 9.16. The number of hydrogen-bond donors (Lipinski definition) is 2. The number of nitrogens with one attached hydrogen (secondary N) is 1. The topological polar surface area (TPSA) is 45.1 Å². The highest BCUT2D eigenvalue weighted by molar-refractivity contribution is 7.99. The van der Waals surface area contributed by atoms with Crippen molar-refractivity contribution in [2.45, 2.75) is 32.1 Å². The Morgan fingerprint density at radius 2 is 2.20 bits per heavy atom. The predicted octanol–water partition coefficient (Wildman–Crippen LogP) is 2.28. The van der Waals surface area contributed by atoms with E-state index in [1.54, 1.807) is 23.1 Å². The molecular formula is C10H18N2OS2. The van der Waals surface area contributed by atoms with Crippen molar-refractivity contribution in [3.05, 3.63) is 10.6 Å². The molecule has 0 saturated carbocycles. The Balaban J connectivity index is 2.61. The van der Waals surface area contributed by atoms with Gasteiger partial charge in [-0.05, 0) is 27.0 Å². The van der Waals surface area contributed by atoms with Gasteiger partial charge in [0, 0.05) is 16.2 Å². The molecule has 2 unspecified atom stereocenters. The number of aromatic nitrogens is 1. The number of aliphatic hydroxyl groups is 1. The SMILES string of the molecule is CSC(CO)C(C)Nc1nc(C)c(C)s1. The van der Waals surface area contributed by atoms with Crippen molar-refractivity contribution >= 4 is 28.2 Å². The van der Waals surface area contributed by atoms with E-state index in [1.165, 1.54) is 4.88 Å². The first kappa shape index (κ1) is 12.8. The molecule has 2 N–H and O–H groups in total. The lowest BCUT2D eigenvalue weighted by Gasteiger charge is -2.20. The molecule has 0 bridgehead atoms. The summed E-state index contributed by atoms with van der Waals surface area (Å²) in [5.74, 6) is 0. The van der Waals surface area contributed by atoms with E-state index in [4.69, 9.17) is 5.11 Å². The molecule has 1 aromatic heterocycles. The van der Waals surface area contributed by atoms with E-state index in [1.807, 2.05) is 13.2 Å². The summed E-state index contributed by atoms with van der Waals surface area (Å²) in [4.78, 5) is 5.66. The Hall–Kier alpha value is -0.260. The van der Waals surface area contributed by atoms with Gasteiger partial charge >= 0.3 is 0 Å². The predicted molar refractivity (Wildman–Crippen MR) is 69.1 cm³/mol. The van der Waals surface area contributed by atoms with Crippen LogP contribution >= 0.6 is 23.1 Å². The molecule has 1 heterocycles. The van der Waals surface area contributed by atoms with E-state index >= 15 is 0 Å². The van der Waals surface area contributed by atoms with E-state index < -0.39 is 0 Å². The molecule has 2 atom stereocenters. The minimum Gasteiger partial charge on any atom is -0.395 e. The zero-order valence-electron chi connectivity index (χ0n) is 9.57. The number of nitrogens with zero attached hydrogens (tertiary/aromatic N) is 1. The Morgan fingerprint density at radius 3 is 2.60 bits per heavy atom. The first-order valence-corrected chi connectivity index (χ1v) is 7.03. The number of anilines is 1. The number of aliphatic hydroxyl groups excluding tert-OH is 1. The third-order valence-electron chi connectivity index (χ3n) is 2.42. The van der Waals surface area contributed by atoms with Gasteiger partial charge in [-0.1, -0.05) is 0 Å². The van der Waals surface area contributed by atoms with Crippen LogP contribution in [0.25, 0.3) is 0 Å². The van der Waals surface area contributed by atoms with Gasteiger partial charge in [-0.25, -0.2) is 4.98 Å². The molecule has 0 aliphatic heterocycles. The number of rotatable bonds is 5. The van der Waals surface area contributed by atoms with E-state index in [-0.39, 0.29) is 17.9 Å². The molecule has 0 radical (unpaired) electrons. The van der Waals surface area contributed by atoms with E-state index in [0.29, 0.717) is 0 Å². The molecule has 0 aromatic carbocycles. The monoisotopic (exact) mass is 246 g/mol. The number of thioether (sulfide) groups is 1. The zero-order chi connectivity index (χ0) is 11.4. The lowest BCUT2D eigenvalue weighted by molar-refractivity contribution is 0.288. The molecule has 86 valence electrons. The van der Waals surface area contributed by atoms with Crippen molar-refractivity contribution in [1.29, 1.82) is 0 Å². The highest BCUT2D eigenvalue weighted by Crippen LogP contribution is 2.23. The molecule has 0 saturated heterocycles. The van der Waals surface area contributed by atoms with Gasteiger partial charge in [-0.15, -0.1) is 11.3 Å². The van der Waals surface area contributed by atoms with E-state index in [2.05, 4.69) is 24.1 Å². The van der Waals surface area contributed by atoms with Crippen molar-refractivity contribution in [2.75, 3.05) is 18.2 Å². The van der Waals surface area contributed by atoms with Gasteiger partial charge in [0.1, 0.15) is 0 Å². The molecule has 5 heteroatoms. The molecule has 0 amide bonds. The molecule has 1 rings (SSSR count). The normalized spacial score (nSPS) is 15.0. The summed E-state index contributed by atoms with van der Waals surface area (Å²) in [5.41, 5.74) is 1.08. The third-order valence-corrected chi connectivity index (χ3v) is 4.59. The molecule has 0 fully saturated rings. The van der Waals surface area contributed by atoms with Gasteiger partial charge in [-0.2, -0.15) is 11.8 Å². The van der Waals surface area contributed by atoms with Crippen LogP contribution in [0.5, 0.6) is 0 Å². The van der Waals surface area contributed by atoms with Crippen LogP contribution in [-0.2, 0) is 0 Å². The van der Waals surface area contributed by atoms with Crippen molar-refractivity contribution in [1.82, 2.24) is 4.98 Å². The number of hydrogen-bond acceptors (Lipinski definition) is 5. The molecule has 0 aliphatic rings. The standard InChI is InChI=1S/C10H18N2OS2/c1-6-8(3)15-10(11-6)12-7(2)9(5-13)14-4/h7,9,13H,5H2,1-4H3,(H,11,12). The smallest absolute Gasteiger partial charge is 0.183 e. The maximum Gasteiger partial charge on any atom is 0.183 e. The Labute approximate surface area is 99.3 Å². The number of thiazole rings is 1. The minimum atomic E-state index is 0.193. The molecule has 15 heavy (non-hydrogen) atoms. The van der Waals surface area contributed by atoms with Crippen LogP contribution in [0.1, 0.15) is 17.5 Å². The van der Waals surface area contributed by atoms with Gasteiger partial charge in [-0.3, -0.25) is 0 Å². The fourth-order valence-corrected chi connectivity index (χ4v) is 2.80. The van der Waals surface area contributed by atoms with Gasteiger partial charge in [0.05, 0.1) is 12.3 Å². The highest BCUT2D eigenvalue weighted by Gasteiger charge is 2.16. The average Bonchev–Trinajstić information content (AvgIpc) is 2.47. The Kier molecular flexibility index (Phi) is 4.89. The van der Waals surface area contributed by atoms with Gasteiger partial charge in [0.15, 0.2) is 5.13 Å². The zero-order valence-corrected chi connectivity index (χ0v) is 11.2. The summed E-state index contributed by atoms with van der Waals surface area (Å²) in [7, 11) is 0. The van der Waals surface area contributed by atoms with Crippen molar-refractivity contribution in [3.8, 4) is 0 Å². The van der Waals surface area contributed by atoms with Gasteiger partial charge < -0.3 is 10.4 Å². The quantitative estimate of drug-likeness (QED) is 0.836. The third kappa shape index (κ3) is 3.36. The Bertz CT molecular complexity index is 291. The van der Waals surface area contributed by atoms with Gasteiger partial charge in [0.2, 0.25) is 0 Å². The maximum atomic E-state index is 9.16. The van der Waals surface area contributed by atoms with Gasteiger partial charge in [0.25, 0.3) is 0 Å². The van der Waals surface area contributed by atoms with Crippen LogP contribution in [0.15, 0.2) is 0 Å².